The first-order valence-corrected chi connectivity index (χ1v) is 7.10. The SMILES string of the molecule is Cc1ccc(C(=O)O)cc1NC(=O)c1ccc(I)c(O)c1. The zero-order valence-corrected chi connectivity index (χ0v) is 13.2. The van der Waals surface area contributed by atoms with E-state index in [1.165, 1.54) is 18.2 Å². The summed E-state index contributed by atoms with van der Waals surface area (Å²) >= 11 is 1.96. The molecule has 0 saturated heterocycles. The van der Waals surface area contributed by atoms with Crippen LogP contribution in [0.4, 0.5) is 5.69 Å². The Morgan fingerprint density at radius 3 is 2.38 bits per heavy atom. The van der Waals surface area contributed by atoms with Crippen LogP contribution in [0.1, 0.15) is 26.3 Å². The van der Waals surface area contributed by atoms with Crippen LogP contribution < -0.4 is 5.32 Å². The number of benzene rings is 2. The zero-order chi connectivity index (χ0) is 15.6. The molecular formula is C15H12INO4. The van der Waals surface area contributed by atoms with E-state index in [9.17, 15) is 14.7 Å². The van der Waals surface area contributed by atoms with Crippen LogP contribution in [-0.2, 0) is 0 Å². The lowest BCUT2D eigenvalue weighted by molar-refractivity contribution is 0.0696. The number of rotatable bonds is 3. The molecule has 0 atom stereocenters. The number of carbonyl (C=O) groups excluding carboxylic acids is 1. The molecule has 0 unspecified atom stereocenters. The van der Waals surface area contributed by atoms with Crippen LogP contribution in [0.25, 0.3) is 0 Å². The van der Waals surface area contributed by atoms with Gasteiger partial charge in [0.2, 0.25) is 0 Å². The monoisotopic (exact) mass is 397 g/mol. The normalized spacial score (nSPS) is 10.2. The number of carboxylic acids is 1. The highest BCUT2D eigenvalue weighted by molar-refractivity contribution is 14.1. The fraction of sp³-hybridized carbons (Fsp3) is 0.0667. The van der Waals surface area contributed by atoms with Crippen LogP contribution in [0.3, 0.4) is 0 Å². The molecule has 2 aromatic carbocycles. The molecule has 0 aliphatic rings. The predicted molar refractivity (Wildman–Crippen MR) is 86.9 cm³/mol. The molecule has 6 heteroatoms. The van der Waals surface area contributed by atoms with Gasteiger partial charge in [0.1, 0.15) is 5.75 Å². The van der Waals surface area contributed by atoms with Crippen molar-refractivity contribution in [3.05, 3.63) is 56.7 Å². The van der Waals surface area contributed by atoms with Gasteiger partial charge in [0.15, 0.2) is 0 Å². The molecule has 0 saturated carbocycles. The van der Waals surface area contributed by atoms with E-state index < -0.39 is 11.9 Å². The number of amides is 1. The minimum atomic E-state index is -1.06. The molecule has 0 aliphatic heterocycles. The summed E-state index contributed by atoms with van der Waals surface area (Å²) in [7, 11) is 0. The second-order valence-electron chi connectivity index (χ2n) is 4.46. The molecule has 0 aromatic heterocycles. The van der Waals surface area contributed by atoms with Crippen LogP contribution >= 0.6 is 22.6 Å². The van der Waals surface area contributed by atoms with Crippen molar-refractivity contribution in [2.75, 3.05) is 5.32 Å². The number of hydrogen-bond acceptors (Lipinski definition) is 3. The van der Waals surface area contributed by atoms with Crippen molar-refractivity contribution in [3.8, 4) is 5.75 Å². The summed E-state index contributed by atoms with van der Waals surface area (Å²) in [6.07, 6.45) is 0. The summed E-state index contributed by atoms with van der Waals surface area (Å²) in [5.74, 6) is -1.44. The highest BCUT2D eigenvalue weighted by Crippen LogP contribution is 2.22. The van der Waals surface area contributed by atoms with E-state index in [-0.39, 0.29) is 11.3 Å². The Kier molecular flexibility index (Phi) is 4.46. The maximum Gasteiger partial charge on any atom is 0.335 e. The Bertz CT molecular complexity index is 728. The van der Waals surface area contributed by atoms with Crippen molar-refractivity contribution in [1.29, 1.82) is 0 Å². The van der Waals surface area contributed by atoms with Gasteiger partial charge in [-0.3, -0.25) is 4.79 Å². The van der Waals surface area contributed by atoms with Gasteiger partial charge in [-0.1, -0.05) is 6.07 Å². The fourth-order valence-corrected chi connectivity index (χ4v) is 2.07. The number of carboxylic acid groups (broad SMARTS) is 1. The van der Waals surface area contributed by atoms with E-state index in [0.717, 1.165) is 5.56 Å². The van der Waals surface area contributed by atoms with Gasteiger partial charge in [-0.15, -0.1) is 0 Å². The Labute approximate surface area is 134 Å². The third kappa shape index (κ3) is 3.52. The van der Waals surface area contributed by atoms with E-state index in [1.807, 2.05) is 22.6 Å². The molecule has 0 bridgehead atoms. The molecule has 0 spiro atoms. The first-order valence-electron chi connectivity index (χ1n) is 6.02. The summed E-state index contributed by atoms with van der Waals surface area (Å²) in [6, 6.07) is 9.10. The molecule has 21 heavy (non-hydrogen) atoms. The molecule has 3 N–H and O–H groups in total. The molecule has 5 nitrogen and oxygen atoms in total. The molecular weight excluding hydrogens is 385 g/mol. The first-order chi connectivity index (χ1) is 9.88. The molecule has 0 radical (unpaired) electrons. The van der Waals surface area contributed by atoms with Gasteiger partial charge in [0, 0.05) is 11.3 Å². The minimum Gasteiger partial charge on any atom is -0.507 e. The number of hydrogen-bond donors (Lipinski definition) is 3. The largest absolute Gasteiger partial charge is 0.507 e. The van der Waals surface area contributed by atoms with Gasteiger partial charge < -0.3 is 15.5 Å². The molecule has 0 fully saturated rings. The molecule has 2 rings (SSSR count). The van der Waals surface area contributed by atoms with E-state index in [2.05, 4.69) is 5.32 Å². The first kappa shape index (κ1) is 15.3. The minimum absolute atomic E-state index is 0.0271. The lowest BCUT2D eigenvalue weighted by atomic mass is 10.1. The molecule has 108 valence electrons. The lowest BCUT2D eigenvalue weighted by Crippen LogP contribution is -2.13. The van der Waals surface area contributed by atoms with E-state index in [0.29, 0.717) is 14.8 Å². The third-order valence-electron chi connectivity index (χ3n) is 2.94. The van der Waals surface area contributed by atoms with Gasteiger partial charge in [-0.05, 0) is 65.4 Å². The number of phenolic OH excluding ortho intramolecular Hbond substituents is 1. The van der Waals surface area contributed by atoms with E-state index >= 15 is 0 Å². The topological polar surface area (TPSA) is 86.6 Å². The Hall–Kier alpha value is -2.09. The van der Waals surface area contributed by atoms with Crippen LogP contribution in [0.15, 0.2) is 36.4 Å². The highest BCUT2D eigenvalue weighted by Gasteiger charge is 2.12. The number of carbonyl (C=O) groups is 2. The second kappa shape index (κ2) is 6.13. The van der Waals surface area contributed by atoms with E-state index in [1.54, 1.807) is 25.1 Å². The van der Waals surface area contributed by atoms with Crippen LogP contribution in [0.5, 0.6) is 5.75 Å². The molecule has 0 aliphatic carbocycles. The average Bonchev–Trinajstić information content (AvgIpc) is 2.43. The van der Waals surface area contributed by atoms with Gasteiger partial charge in [-0.2, -0.15) is 0 Å². The number of phenols is 1. The third-order valence-corrected chi connectivity index (χ3v) is 3.85. The van der Waals surface area contributed by atoms with Crippen LogP contribution in [0, 0.1) is 10.5 Å². The van der Waals surface area contributed by atoms with Crippen LogP contribution in [-0.4, -0.2) is 22.1 Å². The van der Waals surface area contributed by atoms with Crippen molar-refractivity contribution in [2.24, 2.45) is 0 Å². The maximum atomic E-state index is 12.1. The van der Waals surface area contributed by atoms with Gasteiger partial charge in [-0.25, -0.2) is 4.79 Å². The Balaban J connectivity index is 2.28. The number of halogens is 1. The molecule has 1 amide bonds. The summed E-state index contributed by atoms with van der Waals surface area (Å²) in [4.78, 5) is 23.1. The zero-order valence-electron chi connectivity index (χ0n) is 11.1. The smallest absolute Gasteiger partial charge is 0.335 e. The maximum absolute atomic E-state index is 12.1. The van der Waals surface area contributed by atoms with Gasteiger partial charge in [0.25, 0.3) is 5.91 Å². The number of anilines is 1. The Morgan fingerprint density at radius 2 is 1.76 bits per heavy atom. The summed E-state index contributed by atoms with van der Waals surface area (Å²) in [5, 5.41) is 21.2. The quantitative estimate of drug-likeness (QED) is 0.695. The lowest BCUT2D eigenvalue weighted by Gasteiger charge is -2.10. The van der Waals surface area contributed by atoms with Crippen molar-refractivity contribution in [3.63, 3.8) is 0 Å². The summed E-state index contributed by atoms with van der Waals surface area (Å²) < 4.78 is 0.646. The van der Waals surface area contributed by atoms with Crippen molar-refractivity contribution < 1.29 is 19.8 Å². The number of aromatic carboxylic acids is 1. The van der Waals surface area contributed by atoms with E-state index in [4.69, 9.17) is 5.11 Å². The average molecular weight is 397 g/mol. The van der Waals surface area contributed by atoms with Gasteiger partial charge >= 0.3 is 5.97 Å². The van der Waals surface area contributed by atoms with Crippen molar-refractivity contribution in [2.45, 2.75) is 6.92 Å². The molecule has 0 heterocycles. The van der Waals surface area contributed by atoms with Crippen LogP contribution in [0.2, 0.25) is 0 Å². The number of nitrogens with one attached hydrogen (secondary N) is 1. The molecule has 2 aromatic rings. The Morgan fingerprint density at radius 1 is 1.10 bits per heavy atom. The van der Waals surface area contributed by atoms with Gasteiger partial charge in [0.05, 0.1) is 9.13 Å². The number of aromatic hydroxyl groups is 1. The van der Waals surface area contributed by atoms with Crippen molar-refractivity contribution >= 4 is 40.2 Å². The summed E-state index contributed by atoms with van der Waals surface area (Å²) in [6.45, 7) is 1.77. The van der Waals surface area contributed by atoms with Crippen molar-refractivity contribution in [1.82, 2.24) is 0 Å². The standard InChI is InChI=1S/C15H12INO4/c1-8-2-3-10(15(20)21)6-12(8)17-14(19)9-4-5-11(16)13(18)7-9/h2-7,18H,1H3,(H,17,19)(H,20,21). The summed E-state index contributed by atoms with van der Waals surface area (Å²) in [5.41, 5.74) is 1.58. The second-order valence-corrected chi connectivity index (χ2v) is 5.62. The number of aryl methyl sites for hydroxylation is 1. The highest BCUT2D eigenvalue weighted by atomic mass is 127. The fourth-order valence-electron chi connectivity index (χ4n) is 1.74. The predicted octanol–water partition coefficient (Wildman–Crippen LogP) is 3.26.